The van der Waals surface area contributed by atoms with Gasteiger partial charge in [-0.2, -0.15) is 4.98 Å². The van der Waals surface area contributed by atoms with Crippen molar-refractivity contribution >= 4 is 11.8 Å². The Morgan fingerprint density at radius 2 is 1.86 bits per heavy atom. The van der Waals surface area contributed by atoms with Gasteiger partial charge in [0, 0.05) is 18.8 Å². The molecule has 0 unspecified atom stereocenters. The molecule has 0 spiro atoms. The van der Waals surface area contributed by atoms with Gasteiger partial charge in [0.15, 0.2) is 0 Å². The third-order valence-electron chi connectivity index (χ3n) is 4.14. The van der Waals surface area contributed by atoms with Crippen LogP contribution in [0.3, 0.4) is 0 Å². The minimum atomic E-state index is 0.549. The highest BCUT2D eigenvalue weighted by molar-refractivity contribution is 5.40. The van der Waals surface area contributed by atoms with E-state index in [4.69, 9.17) is 0 Å². The largest absolute Gasteiger partial charge is 0.370 e. The van der Waals surface area contributed by atoms with Crippen LogP contribution >= 0.6 is 0 Å². The summed E-state index contributed by atoms with van der Waals surface area (Å²) in [7, 11) is 0. The summed E-state index contributed by atoms with van der Waals surface area (Å²) < 4.78 is 0. The first kappa shape index (κ1) is 14.8. The maximum atomic E-state index is 4.55. The van der Waals surface area contributed by atoms with Crippen LogP contribution in [0.4, 0.5) is 11.8 Å². The molecule has 0 atom stereocenters. The highest BCUT2D eigenvalue weighted by Gasteiger charge is 2.15. The monoisotopic (exact) mass is 296 g/mol. The van der Waals surface area contributed by atoms with Gasteiger partial charge in [0.05, 0.1) is 0 Å². The molecule has 0 bridgehead atoms. The summed E-state index contributed by atoms with van der Waals surface area (Å²) in [6.07, 6.45) is 9.11. The second-order valence-electron chi connectivity index (χ2n) is 5.91. The van der Waals surface area contributed by atoms with Crippen LogP contribution in [-0.2, 0) is 6.42 Å². The molecule has 0 saturated heterocycles. The molecule has 116 valence electrons. The standard InChI is InChI=1S/C18H24N4/c1-2-7-15(8-3-1)9-6-13-19-17-12-14-20-18(22-17)21-16-10-4-5-11-16/h1-3,7-8,12,14,16H,4-6,9-11,13H2,(H2,19,20,21,22). The molecule has 1 heterocycles. The van der Waals surface area contributed by atoms with Crippen molar-refractivity contribution in [3.8, 4) is 0 Å². The zero-order valence-electron chi connectivity index (χ0n) is 13.0. The van der Waals surface area contributed by atoms with E-state index >= 15 is 0 Å². The fraction of sp³-hybridized carbons (Fsp3) is 0.444. The Morgan fingerprint density at radius 1 is 1.05 bits per heavy atom. The predicted octanol–water partition coefficient (Wildman–Crippen LogP) is 3.88. The minimum absolute atomic E-state index is 0.549. The van der Waals surface area contributed by atoms with Crippen LogP contribution in [0.15, 0.2) is 42.6 Å². The molecule has 1 aromatic heterocycles. The second kappa shape index (κ2) is 7.78. The number of nitrogens with zero attached hydrogens (tertiary/aromatic N) is 2. The Balaban J connectivity index is 1.44. The highest BCUT2D eigenvalue weighted by atomic mass is 15.1. The first-order chi connectivity index (χ1) is 10.9. The number of benzene rings is 1. The molecule has 1 fully saturated rings. The van der Waals surface area contributed by atoms with E-state index in [-0.39, 0.29) is 0 Å². The van der Waals surface area contributed by atoms with Crippen LogP contribution < -0.4 is 10.6 Å². The Bertz CT molecular complexity index is 564. The normalized spacial score (nSPS) is 14.9. The average Bonchev–Trinajstić information content (AvgIpc) is 3.06. The van der Waals surface area contributed by atoms with Crippen molar-refractivity contribution in [2.24, 2.45) is 0 Å². The fourth-order valence-electron chi connectivity index (χ4n) is 2.93. The van der Waals surface area contributed by atoms with Gasteiger partial charge < -0.3 is 10.6 Å². The van der Waals surface area contributed by atoms with Crippen molar-refractivity contribution < 1.29 is 0 Å². The summed E-state index contributed by atoms with van der Waals surface area (Å²) >= 11 is 0. The SMILES string of the molecule is c1ccc(CCCNc2ccnc(NC3CCCC3)n2)cc1. The molecule has 22 heavy (non-hydrogen) atoms. The van der Waals surface area contributed by atoms with Gasteiger partial charge in [-0.3, -0.25) is 0 Å². The van der Waals surface area contributed by atoms with Gasteiger partial charge in [0.25, 0.3) is 0 Å². The van der Waals surface area contributed by atoms with E-state index in [9.17, 15) is 0 Å². The van der Waals surface area contributed by atoms with Gasteiger partial charge in [0.2, 0.25) is 5.95 Å². The van der Waals surface area contributed by atoms with Crippen molar-refractivity contribution in [3.63, 3.8) is 0 Å². The molecular formula is C18H24N4. The number of hydrogen-bond donors (Lipinski definition) is 2. The minimum Gasteiger partial charge on any atom is -0.370 e. The molecule has 2 aromatic rings. The third kappa shape index (κ3) is 4.45. The maximum absolute atomic E-state index is 4.55. The van der Waals surface area contributed by atoms with Crippen LogP contribution in [0.25, 0.3) is 0 Å². The molecular weight excluding hydrogens is 272 g/mol. The van der Waals surface area contributed by atoms with E-state index in [1.807, 2.05) is 12.3 Å². The second-order valence-corrected chi connectivity index (χ2v) is 5.91. The summed E-state index contributed by atoms with van der Waals surface area (Å²) in [6.45, 7) is 0.925. The molecule has 1 aliphatic carbocycles. The lowest BCUT2D eigenvalue weighted by Gasteiger charge is -2.12. The molecule has 3 rings (SSSR count). The van der Waals surface area contributed by atoms with Crippen LogP contribution in [0.2, 0.25) is 0 Å². The number of anilines is 2. The van der Waals surface area contributed by atoms with Crippen LogP contribution in [0, 0.1) is 0 Å². The zero-order valence-corrected chi connectivity index (χ0v) is 13.0. The fourth-order valence-corrected chi connectivity index (χ4v) is 2.93. The Labute approximate surface area is 132 Å². The summed E-state index contributed by atoms with van der Waals surface area (Å²) in [5.74, 6) is 1.66. The number of hydrogen-bond acceptors (Lipinski definition) is 4. The lowest BCUT2D eigenvalue weighted by atomic mass is 10.1. The van der Waals surface area contributed by atoms with Gasteiger partial charge in [0.1, 0.15) is 5.82 Å². The molecule has 0 radical (unpaired) electrons. The molecule has 1 saturated carbocycles. The van der Waals surface area contributed by atoms with Gasteiger partial charge in [-0.15, -0.1) is 0 Å². The predicted molar refractivity (Wildman–Crippen MR) is 91.2 cm³/mol. The summed E-state index contributed by atoms with van der Waals surface area (Å²) in [5.41, 5.74) is 1.38. The lowest BCUT2D eigenvalue weighted by Crippen LogP contribution is -2.17. The number of aryl methyl sites for hydroxylation is 1. The third-order valence-corrected chi connectivity index (χ3v) is 4.14. The van der Waals surface area contributed by atoms with Crippen LogP contribution in [0.5, 0.6) is 0 Å². The van der Waals surface area contributed by atoms with Crippen LogP contribution in [-0.4, -0.2) is 22.6 Å². The van der Waals surface area contributed by atoms with Gasteiger partial charge in [-0.25, -0.2) is 4.98 Å². The van der Waals surface area contributed by atoms with E-state index < -0.39 is 0 Å². The molecule has 4 nitrogen and oxygen atoms in total. The van der Waals surface area contributed by atoms with Crippen molar-refractivity contribution in [1.29, 1.82) is 0 Å². The van der Waals surface area contributed by atoms with E-state index in [0.29, 0.717) is 6.04 Å². The number of aromatic nitrogens is 2. The average molecular weight is 296 g/mol. The van der Waals surface area contributed by atoms with Crippen molar-refractivity contribution in [1.82, 2.24) is 9.97 Å². The molecule has 0 aliphatic heterocycles. The smallest absolute Gasteiger partial charge is 0.224 e. The Morgan fingerprint density at radius 3 is 2.68 bits per heavy atom. The summed E-state index contributed by atoms with van der Waals surface area (Å²) in [6, 6.07) is 13.1. The highest BCUT2D eigenvalue weighted by Crippen LogP contribution is 2.21. The van der Waals surface area contributed by atoms with Gasteiger partial charge >= 0.3 is 0 Å². The van der Waals surface area contributed by atoms with E-state index in [2.05, 4.69) is 50.9 Å². The first-order valence-corrected chi connectivity index (χ1v) is 8.27. The zero-order chi connectivity index (χ0) is 15.0. The number of rotatable bonds is 7. The van der Waals surface area contributed by atoms with E-state index in [1.165, 1.54) is 31.2 Å². The molecule has 1 aromatic carbocycles. The van der Waals surface area contributed by atoms with Crippen molar-refractivity contribution in [3.05, 3.63) is 48.2 Å². The molecule has 0 amide bonds. The summed E-state index contributed by atoms with van der Waals surface area (Å²) in [5, 5.41) is 6.82. The number of nitrogens with one attached hydrogen (secondary N) is 2. The van der Waals surface area contributed by atoms with Gasteiger partial charge in [-0.1, -0.05) is 43.2 Å². The molecule has 1 aliphatic rings. The Kier molecular flexibility index (Phi) is 5.24. The maximum Gasteiger partial charge on any atom is 0.224 e. The first-order valence-electron chi connectivity index (χ1n) is 8.27. The van der Waals surface area contributed by atoms with Gasteiger partial charge in [-0.05, 0) is 37.3 Å². The van der Waals surface area contributed by atoms with Crippen LogP contribution in [0.1, 0.15) is 37.7 Å². The van der Waals surface area contributed by atoms with Crippen molar-refractivity contribution in [2.45, 2.75) is 44.6 Å². The van der Waals surface area contributed by atoms with E-state index in [1.54, 1.807) is 0 Å². The molecule has 4 heteroatoms. The quantitative estimate of drug-likeness (QED) is 0.761. The molecule has 2 N–H and O–H groups in total. The summed E-state index contributed by atoms with van der Waals surface area (Å²) in [4.78, 5) is 8.86. The topological polar surface area (TPSA) is 49.8 Å². The van der Waals surface area contributed by atoms with Crippen molar-refractivity contribution in [2.75, 3.05) is 17.2 Å². The Hall–Kier alpha value is -2.10. The lowest BCUT2D eigenvalue weighted by molar-refractivity contribution is 0.744. The van der Waals surface area contributed by atoms with E-state index in [0.717, 1.165) is 31.2 Å².